The van der Waals surface area contributed by atoms with Gasteiger partial charge in [0.05, 0.1) is 6.20 Å². The molecule has 0 aliphatic carbocycles. The van der Waals surface area contributed by atoms with E-state index in [2.05, 4.69) is 22.3 Å². The first-order valence-electron chi connectivity index (χ1n) is 8.69. The Morgan fingerprint density at radius 1 is 1.19 bits per heavy atom. The highest BCUT2D eigenvalue weighted by Crippen LogP contribution is 2.16. The number of aromatic nitrogens is 4. The topological polar surface area (TPSA) is 74.0 Å². The summed E-state index contributed by atoms with van der Waals surface area (Å²) >= 11 is 0. The number of carbonyl (C=O) groups excluding carboxylic acids is 1. The Hall–Kier alpha value is -3.09. The Kier molecular flexibility index (Phi) is 5.68. The van der Waals surface area contributed by atoms with Gasteiger partial charge in [-0.2, -0.15) is 5.10 Å². The minimum atomic E-state index is -0.168. The summed E-state index contributed by atoms with van der Waals surface area (Å²) < 4.78 is 9.42. The first-order chi connectivity index (χ1) is 12.7. The van der Waals surface area contributed by atoms with E-state index in [0.717, 1.165) is 25.2 Å². The third-order valence-corrected chi connectivity index (χ3v) is 4.09. The van der Waals surface area contributed by atoms with E-state index < -0.39 is 0 Å². The molecule has 0 saturated carbocycles. The first kappa shape index (κ1) is 17.7. The monoisotopic (exact) mass is 353 g/mol. The molecule has 0 spiro atoms. The van der Waals surface area contributed by atoms with Crippen LogP contribution in [0.1, 0.15) is 35.9 Å². The van der Waals surface area contributed by atoms with Gasteiger partial charge in [-0.15, -0.1) is 0 Å². The summed E-state index contributed by atoms with van der Waals surface area (Å²) in [4.78, 5) is 16.6. The fraction of sp³-hybridized carbons (Fsp3) is 0.316. The maximum Gasteiger partial charge on any atom is 0.256 e. The van der Waals surface area contributed by atoms with Crippen LogP contribution < -0.4 is 10.1 Å². The lowest BCUT2D eigenvalue weighted by molar-refractivity contribution is 0.102. The third-order valence-electron chi connectivity index (χ3n) is 4.09. The summed E-state index contributed by atoms with van der Waals surface area (Å²) in [6, 6.07) is 8.86. The van der Waals surface area contributed by atoms with Crippen molar-refractivity contribution >= 4 is 11.7 Å². The van der Waals surface area contributed by atoms with Crippen molar-refractivity contribution in [2.45, 2.75) is 32.9 Å². The minimum Gasteiger partial charge on any atom is -0.486 e. The molecule has 7 nitrogen and oxygen atoms in total. The number of amides is 1. The Morgan fingerprint density at radius 3 is 2.69 bits per heavy atom. The summed E-state index contributed by atoms with van der Waals surface area (Å²) in [6.07, 6.45) is 7.40. The lowest BCUT2D eigenvalue weighted by atomic mass is 10.2. The van der Waals surface area contributed by atoms with E-state index in [0.29, 0.717) is 23.7 Å². The summed E-state index contributed by atoms with van der Waals surface area (Å²) in [5, 5.41) is 7.15. The third kappa shape index (κ3) is 4.30. The van der Waals surface area contributed by atoms with Gasteiger partial charge in [0.1, 0.15) is 24.0 Å². The number of carbonyl (C=O) groups is 1. The molecular weight excluding hydrogens is 330 g/mol. The lowest BCUT2D eigenvalue weighted by Gasteiger charge is -2.09. The van der Waals surface area contributed by atoms with Gasteiger partial charge in [-0.25, -0.2) is 9.67 Å². The maximum absolute atomic E-state index is 12.4. The summed E-state index contributed by atoms with van der Waals surface area (Å²) in [5.74, 6) is 2.07. The van der Waals surface area contributed by atoms with Crippen LogP contribution in [0.3, 0.4) is 0 Å². The quantitative estimate of drug-likeness (QED) is 0.675. The number of nitrogens with zero attached hydrogens (tertiary/aromatic N) is 4. The van der Waals surface area contributed by atoms with Gasteiger partial charge < -0.3 is 14.6 Å². The normalized spacial score (nSPS) is 10.7. The van der Waals surface area contributed by atoms with Crippen LogP contribution in [0.15, 0.2) is 48.9 Å². The van der Waals surface area contributed by atoms with Gasteiger partial charge in [-0.1, -0.05) is 13.3 Å². The zero-order valence-electron chi connectivity index (χ0n) is 15.1. The molecule has 26 heavy (non-hydrogen) atoms. The molecule has 1 aromatic carbocycles. The average Bonchev–Trinajstić information content (AvgIpc) is 3.27. The number of hydrogen-bond acceptors (Lipinski definition) is 4. The summed E-state index contributed by atoms with van der Waals surface area (Å²) in [5.41, 5.74) is 0.567. The lowest BCUT2D eigenvalue weighted by Crippen LogP contribution is -2.15. The second-order valence-electron chi connectivity index (χ2n) is 6.01. The van der Waals surface area contributed by atoms with E-state index >= 15 is 0 Å². The van der Waals surface area contributed by atoms with E-state index in [-0.39, 0.29) is 5.91 Å². The highest BCUT2D eigenvalue weighted by molar-refractivity contribution is 6.03. The number of ether oxygens (including phenoxy) is 1. The van der Waals surface area contributed by atoms with Crippen molar-refractivity contribution in [1.82, 2.24) is 19.3 Å². The average molecular weight is 353 g/mol. The molecule has 0 fully saturated rings. The molecule has 0 aliphatic rings. The zero-order valence-corrected chi connectivity index (χ0v) is 15.1. The van der Waals surface area contributed by atoms with E-state index in [4.69, 9.17) is 4.74 Å². The van der Waals surface area contributed by atoms with Crippen molar-refractivity contribution < 1.29 is 9.53 Å². The van der Waals surface area contributed by atoms with Crippen LogP contribution >= 0.6 is 0 Å². The predicted molar refractivity (Wildman–Crippen MR) is 99.1 cm³/mol. The van der Waals surface area contributed by atoms with Crippen LogP contribution in [0, 0.1) is 0 Å². The van der Waals surface area contributed by atoms with Crippen molar-refractivity contribution in [2.75, 3.05) is 5.32 Å². The van der Waals surface area contributed by atoms with Crippen molar-refractivity contribution in [3.05, 3.63) is 60.3 Å². The largest absolute Gasteiger partial charge is 0.486 e. The molecule has 2 heterocycles. The molecule has 0 aliphatic heterocycles. The molecule has 1 amide bonds. The van der Waals surface area contributed by atoms with Gasteiger partial charge in [-0.3, -0.25) is 4.79 Å². The molecule has 0 radical (unpaired) electrons. The highest BCUT2D eigenvalue weighted by atomic mass is 16.5. The Balaban J connectivity index is 1.58. The van der Waals surface area contributed by atoms with Crippen molar-refractivity contribution in [3.63, 3.8) is 0 Å². The van der Waals surface area contributed by atoms with Gasteiger partial charge in [-0.05, 0) is 30.7 Å². The molecule has 0 unspecified atom stereocenters. The standard InChI is InChI=1S/C19H23N5O2/c1-3-4-12-24-17(9-10-21-24)22-19(25)15-5-7-16(8-6-15)26-14-18-20-11-13-23(18)2/h5-11,13H,3-4,12,14H2,1-2H3,(H,22,25). The SMILES string of the molecule is CCCCn1nccc1NC(=O)c1ccc(OCc2nccn2C)cc1. The van der Waals surface area contributed by atoms with Crippen LogP contribution in [-0.2, 0) is 20.2 Å². The maximum atomic E-state index is 12.4. The van der Waals surface area contributed by atoms with Crippen molar-refractivity contribution in [2.24, 2.45) is 7.05 Å². The van der Waals surface area contributed by atoms with E-state index in [1.807, 2.05) is 22.5 Å². The molecule has 136 valence electrons. The fourth-order valence-electron chi connectivity index (χ4n) is 2.50. The molecule has 7 heteroatoms. The van der Waals surface area contributed by atoms with Crippen molar-refractivity contribution in [1.29, 1.82) is 0 Å². The highest BCUT2D eigenvalue weighted by Gasteiger charge is 2.10. The number of unbranched alkanes of at least 4 members (excludes halogenated alkanes) is 1. The van der Waals surface area contributed by atoms with E-state index in [9.17, 15) is 4.79 Å². The number of imidazole rings is 1. The Bertz CT molecular complexity index is 851. The Morgan fingerprint density at radius 2 is 2.00 bits per heavy atom. The molecule has 1 N–H and O–H groups in total. The number of anilines is 1. The van der Waals surface area contributed by atoms with Crippen molar-refractivity contribution in [3.8, 4) is 5.75 Å². The van der Waals surface area contributed by atoms with Gasteiger partial charge in [0.15, 0.2) is 0 Å². The van der Waals surface area contributed by atoms with Crippen LogP contribution in [0.4, 0.5) is 5.82 Å². The van der Waals surface area contributed by atoms with Gasteiger partial charge >= 0.3 is 0 Å². The van der Waals surface area contributed by atoms with Crippen LogP contribution in [-0.4, -0.2) is 25.2 Å². The smallest absolute Gasteiger partial charge is 0.256 e. The van der Waals surface area contributed by atoms with Crippen LogP contribution in [0.2, 0.25) is 0 Å². The molecule has 0 atom stereocenters. The summed E-state index contributed by atoms with van der Waals surface area (Å²) in [7, 11) is 1.92. The van der Waals surface area contributed by atoms with Crippen LogP contribution in [0.5, 0.6) is 5.75 Å². The summed E-state index contributed by atoms with van der Waals surface area (Å²) in [6.45, 7) is 3.30. The fourth-order valence-corrected chi connectivity index (χ4v) is 2.50. The second kappa shape index (κ2) is 8.33. The number of rotatable bonds is 8. The molecule has 0 saturated heterocycles. The number of benzene rings is 1. The van der Waals surface area contributed by atoms with Gasteiger partial charge in [0, 0.05) is 37.6 Å². The van der Waals surface area contributed by atoms with E-state index in [1.165, 1.54) is 0 Å². The molecule has 3 rings (SSSR count). The Labute approximate surface area is 152 Å². The minimum absolute atomic E-state index is 0.168. The zero-order chi connectivity index (χ0) is 18.4. The molecule has 2 aromatic heterocycles. The molecule has 0 bridgehead atoms. The first-order valence-corrected chi connectivity index (χ1v) is 8.69. The van der Waals surface area contributed by atoms with Gasteiger partial charge in [0.2, 0.25) is 0 Å². The predicted octanol–water partition coefficient (Wildman–Crippen LogP) is 3.25. The van der Waals surface area contributed by atoms with E-state index in [1.54, 1.807) is 42.7 Å². The molecule has 3 aromatic rings. The number of nitrogens with one attached hydrogen (secondary N) is 1. The van der Waals surface area contributed by atoms with Gasteiger partial charge in [0.25, 0.3) is 5.91 Å². The van der Waals surface area contributed by atoms with Crippen LogP contribution in [0.25, 0.3) is 0 Å². The molecular formula is C19H23N5O2. The number of aryl methyl sites for hydroxylation is 2. The second-order valence-corrected chi connectivity index (χ2v) is 6.01. The number of hydrogen-bond donors (Lipinski definition) is 1.